The Morgan fingerprint density at radius 3 is 2.35 bits per heavy atom. The van der Waals surface area contributed by atoms with Gasteiger partial charge in [-0.25, -0.2) is 0 Å². The molecule has 128 valence electrons. The largest absolute Gasteiger partial charge is 0.329 e. The standard InChI is InChI=1S/C19H28N2.C2H6/c1-4-7-11-17(6-3)19(18-12-9-8-10-13-18)21(15-5-2)16-14-20;1-2/h4,6-13,19H,3,5,14-16,20H2,1-2H3;1-2H3/b7-4-,17-11+;. The van der Waals surface area contributed by atoms with Gasteiger partial charge in [-0.2, -0.15) is 0 Å². The number of rotatable bonds is 9. The molecule has 0 fully saturated rings. The Kier molecular flexibility index (Phi) is 13.0. The predicted molar refractivity (Wildman–Crippen MR) is 105 cm³/mol. The fourth-order valence-corrected chi connectivity index (χ4v) is 2.55. The van der Waals surface area contributed by atoms with E-state index in [1.807, 2.05) is 32.9 Å². The molecule has 1 rings (SSSR count). The van der Waals surface area contributed by atoms with Crippen LogP contribution in [0.25, 0.3) is 0 Å². The molecule has 0 aromatic heterocycles. The van der Waals surface area contributed by atoms with Crippen molar-refractivity contribution >= 4 is 0 Å². The van der Waals surface area contributed by atoms with Gasteiger partial charge in [0.05, 0.1) is 6.04 Å². The first-order valence-electron chi connectivity index (χ1n) is 8.72. The Bertz CT molecular complexity index is 454. The van der Waals surface area contributed by atoms with Crippen molar-refractivity contribution in [3.05, 3.63) is 72.4 Å². The number of hydrogen-bond acceptors (Lipinski definition) is 2. The fraction of sp³-hybridized carbons (Fsp3) is 0.429. The van der Waals surface area contributed by atoms with Gasteiger partial charge in [-0.15, -0.1) is 0 Å². The van der Waals surface area contributed by atoms with E-state index in [-0.39, 0.29) is 6.04 Å². The van der Waals surface area contributed by atoms with E-state index in [9.17, 15) is 0 Å². The molecule has 0 aliphatic heterocycles. The van der Waals surface area contributed by atoms with Gasteiger partial charge in [0.2, 0.25) is 0 Å². The summed E-state index contributed by atoms with van der Waals surface area (Å²) < 4.78 is 0. The van der Waals surface area contributed by atoms with Crippen LogP contribution in [0, 0.1) is 0 Å². The van der Waals surface area contributed by atoms with Crippen LogP contribution < -0.4 is 5.73 Å². The van der Waals surface area contributed by atoms with Gasteiger partial charge in [-0.3, -0.25) is 4.90 Å². The monoisotopic (exact) mass is 314 g/mol. The van der Waals surface area contributed by atoms with E-state index in [0.717, 1.165) is 19.5 Å². The summed E-state index contributed by atoms with van der Waals surface area (Å²) in [4.78, 5) is 2.44. The molecule has 23 heavy (non-hydrogen) atoms. The number of allylic oxidation sites excluding steroid dienone is 3. The molecule has 0 saturated heterocycles. The van der Waals surface area contributed by atoms with E-state index in [4.69, 9.17) is 5.73 Å². The Morgan fingerprint density at radius 1 is 1.22 bits per heavy atom. The van der Waals surface area contributed by atoms with Crippen LogP contribution in [-0.4, -0.2) is 24.5 Å². The first kappa shape index (κ1) is 21.4. The number of hydrogen-bond donors (Lipinski definition) is 1. The lowest BCUT2D eigenvalue weighted by Gasteiger charge is -2.32. The zero-order chi connectivity index (χ0) is 17.5. The molecule has 2 nitrogen and oxygen atoms in total. The number of nitrogens with two attached hydrogens (primary N) is 1. The molecule has 0 bridgehead atoms. The molecule has 0 aliphatic carbocycles. The van der Waals surface area contributed by atoms with Crippen LogP contribution in [0.3, 0.4) is 0 Å². The predicted octanol–water partition coefficient (Wildman–Crippen LogP) is 5.11. The molecule has 0 amide bonds. The summed E-state index contributed by atoms with van der Waals surface area (Å²) in [6, 6.07) is 10.8. The molecule has 0 heterocycles. The minimum Gasteiger partial charge on any atom is -0.329 e. The molecule has 0 aliphatic rings. The van der Waals surface area contributed by atoms with Crippen molar-refractivity contribution in [1.82, 2.24) is 4.90 Å². The lowest BCUT2D eigenvalue weighted by molar-refractivity contribution is 0.231. The van der Waals surface area contributed by atoms with Crippen molar-refractivity contribution in [3.63, 3.8) is 0 Å². The normalized spacial score (nSPS) is 12.9. The van der Waals surface area contributed by atoms with Gasteiger partial charge < -0.3 is 5.73 Å². The maximum absolute atomic E-state index is 5.82. The molecule has 1 aromatic carbocycles. The van der Waals surface area contributed by atoms with Gasteiger partial charge in [0.25, 0.3) is 0 Å². The Hall–Kier alpha value is -1.64. The van der Waals surface area contributed by atoms with Crippen molar-refractivity contribution in [2.75, 3.05) is 19.6 Å². The van der Waals surface area contributed by atoms with Crippen LogP contribution in [0.1, 0.15) is 45.7 Å². The molecule has 0 saturated carbocycles. The number of benzene rings is 1. The summed E-state index contributed by atoms with van der Waals surface area (Å²) in [5, 5.41) is 0. The summed E-state index contributed by atoms with van der Waals surface area (Å²) in [7, 11) is 0. The first-order valence-corrected chi connectivity index (χ1v) is 8.72. The summed E-state index contributed by atoms with van der Waals surface area (Å²) in [5.74, 6) is 0. The van der Waals surface area contributed by atoms with E-state index >= 15 is 0 Å². The van der Waals surface area contributed by atoms with Crippen molar-refractivity contribution in [2.24, 2.45) is 5.73 Å². The molecule has 1 unspecified atom stereocenters. The molecular weight excluding hydrogens is 280 g/mol. The van der Waals surface area contributed by atoms with E-state index in [0.29, 0.717) is 6.54 Å². The maximum atomic E-state index is 5.82. The van der Waals surface area contributed by atoms with Gasteiger partial charge in [0.1, 0.15) is 0 Å². The maximum Gasteiger partial charge on any atom is 0.0602 e. The third kappa shape index (κ3) is 7.45. The molecular formula is C21H34N2. The van der Waals surface area contributed by atoms with Gasteiger partial charge in [0, 0.05) is 13.1 Å². The van der Waals surface area contributed by atoms with Crippen molar-refractivity contribution in [2.45, 2.75) is 40.2 Å². The minimum atomic E-state index is 0.211. The minimum absolute atomic E-state index is 0.211. The van der Waals surface area contributed by atoms with Crippen LogP contribution in [0.2, 0.25) is 0 Å². The second kappa shape index (κ2) is 14.0. The summed E-state index contributed by atoms with van der Waals surface area (Å²) >= 11 is 0. The van der Waals surface area contributed by atoms with Crippen LogP contribution in [0.15, 0.2) is 66.8 Å². The zero-order valence-electron chi connectivity index (χ0n) is 15.3. The van der Waals surface area contributed by atoms with Crippen LogP contribution in [-0.2, 0) is 0 Å². The first-order chi connectivity index (χ1) is 11.3. The van der Waals surface area contributed by atoms with E-state index in [1.54, 1.807) is 0 Å². The third-order valence-electron chi connectivity index (χ3n) is 3.44. The third-order valence-corrected chi connectivity index (χ3v) is 3.44. The highest BCUT2D eigenvalue weighted by Crippen LogP contribution is 2.29. The van der Waals surface area contributed by atoms with Gasteiger partial charge in [-0.1, -0.05) is 82.0 Å². The second-order valence-electron chi connectivity index (χ2n) is 5.03. The lowest BCUT2D eigenvalue weighted by atomic mass is 9.96. The topological polar surface area (TPSA) is 29.3 Å². The summed E-state index contributed by atoms with van der Waals surface area (Å²) in [6.45, 7) is 14.8. The molecule has 2 heteroatoms. The quantitative estimate of drug-likeness (QED) is 0.641. The van der Waals surface area contributed by atoms with Gasteiger partial charge in [-0.05, 0) is 31.0 Å². The fourth-order valence-electron chi connectivity index (χ4n) is 2.55. The lowest BCUT2D eigenvalue weighted by Crippen LogP contribution is -2.34. The number of nitrogens with zero attached hydrogens (tertiary/aromatic N) is 1. The zero-order valence-corrected chi connectivity index (χ0v) is 15.3. The smallest absolute Gasteiger partial charge is 0.0602 e. The molecule has 1 atom stereocenters. The van der Waals surface area contributed by atoms with Crippen molar-refractivity contribution in [3.8, 4) is 0 Å². The molecule has 0 spiro atoms. The van der Waals surface area contributed by atoms with Crippen LogP contribution >= 0.6 is 0 Å². The van der Waals surface area contributed by atoms with Crippen LogP contribution in [0.5, 0.6) is 0 Å². The highest BCUT2D eigenvalue weighted by molar-refractivity contribution is 5.35. The summed E-state index contributed by atoms with van der Waals surface area (Å²) in [6.07, 6.45) is 9.32. The van der Waals surface area contributed by atoms with E-state index < -0.39 is 0 Å². The van der Waals surface area contributed by atoms with Crippen LogP contribution in [0.4, 0.5) is 0 Å². The Labute approximate surface area is 143 Å². The Morgan fingerprint density at radius 2 is 1.87 bits per heavy atom. The molecule has 2 N–H and O–H groups in total. The van der Waals surface area contributed by atoms with E-state index in [1.165, 1.54) is 11.1 Å². The highest BCUT2D eigenvalue weighted by Gasteiger charge is 2.21. The second-order valence-corrected chi connectivity index (χ2v) is 5.03. The van der Waals surface area contributed by atoms with E-state index in [2.05, 4.69) is 60.9 Å². The average molecular weight is 315 g/mol. The van der Waals surface area contributed by atoms with Gasteiger partial charge in [0.15, 0.2) is 0 Å². The Balaban J connectivity index is 0.00000232. The van der Waals surface area contributed by atoms with Gasteiger partial charge >= 0.3 is 0 Å². The molecule has 1 aromatic rings. The highest BCUT2D eigenvalue weighted by atomic mass is 15.2. The SMILES string of the molecule is C=C/C(=C\C=C/C)C(c1ccccc1)N(CCC)CCN.CC. The average Bonchev–Trinajstić information content (AvgIpc) is 2.61. The summed E-state index contributed by atoms with van der Waals surface area (Å²) in [5.41, 5.74) is 8.31. The molecule has 0 radical (unpaired) electrons. The van der Waals surface area contributed by atoms with Crippen molar-refractivity contribution in [1.29, 1.82) is 0 Å². The van der Waals surface area contributed by atoms with Crippen molar-refractivity contribution < 1.29 is 0 Å².